The molecule has 1 aliphatic rings. The van der Waals surface area contributed by atoms with E-state index in [1.807, 2.05) is 0 Å². The predicted octanol–water partition coefficient (Wildman–Crippen LogP) is 0.897. The molecule has 0 atom stereocenters. The van der Waals surface area contributed by atoms with Crippen molar-refractivity contribution in [2.45, 2.75) is 19.3 Å². The predicted molar refractivity (Wildman–Crippen MR) is 48.5 cm³/mol. The van der Waals surface area contributed by atoms with Crippen LogP contribution in [0, 0.1) is 5.92 Å². The number of aromatic amines is 1. The molecule has 2 rings (SSSR count). The minimum Gasteiger partial charge on any atom is -0.364 e. The van der Waals surface area contributed by atoms with E-state index in [0.29, 0.717) is 6.42 Å². The Morgan fingerprint density at radius 1 is 1.54 bits per heavy atom. The van der Waals surface area contributed by atoms with Crippen molar-refractivity contribution in [1.82, 2.24) is 4.98 Å². The number of H-pyrrole nitrogens is 1. The number of rotatable bonds is 3. The normalized spacial score (nSPS) is 15.7. The van der Waals surface area contributed by atoms with Crippen LogP contribution in [0.4, 0.5) is 0 Å². The summed E-state index contributed by atoms with van der Waals surface area (Å²) in [6.45, 7) is 0. The van der Waals surface area contributed by atoms with Gasteiger partial charge >= 0.3 is 0 Å². The van der Waals surface area contributed by atoms with Crippen molar-refractivity contribution >= 4 is 5.78 Å². The van der Waals surface area contributed by atoms with Gasteiger partial charge in [0.15, 0.2) is 5.43 Å². The first-order chi connectivity index (χ1) is 6.25. The molecule has 0 amide bonds. The highest BCUT2D eigenvalue weighted by molar-refractivity contribution is 5.84. The van der Waals surface area contributed by atoms with Crippen LogP contribution in [0.5, 0.6) is 0 Å². The number of hydrogen-bond acceptors (Lipinski definition) is 2. The fourth-order valence-electron chi connectivity index (χ4n) is 1.33. The summed E-state index contributed by atoms with van der Waals surface area (Å²) < 4.78 is 0. The highest BCUT2D eigenvalue weighted by Gasteiger charge is 2.29. The molecule has 1 saturated carbocycles. The van der Waals surface area contributed by atoms with E-state index in [2.05, 4.69) is 4.98 Å². The topological polar surface area (TPSA) is 49.9 Å². The number of ketones is 1. The van der Waals surface area contributed by atoms with Gasteiger partial charge in [0.05, 0.1) is 0 Å². The van der Waals surface area contributed by atoms with Gasteiger partial charge in [-0.2, -0.15) is 0 Å². The number of carbonyl (C=O) groups excluding carboxylic acids is 1. The van der Waals surface area contributed by atoms with Crippen LogP contribution in [0.3, 0.4) is 0 Å². The zero-order valence-electron chi connectivity index (χ0n) is 7.25. The third-order valence-corrected chi connectivity index (χ3v) is 2.23. The van der Waals surface area contributed by atoms with Crippen molar-refractivity contribution in [3.8, 4) is 0 Å². The van der Waals surface area contributed by atoms with Gasteiger partial charge in [-0.05, 0) is 12.8 Å². The summed E-state index contributed by atoms with van der Waals surface area (Å²) in [5.41, 5.74) is 0.682. The first-order valence-corrected chi connectivity index (χ1v) is 4.46. The minimum atomic E-state index is -0.0441. The Balaban J connectivity index is 2.08. The van der Waals surface area contributed by atoms with Crippen LogP contribution >= 0.6 is 0 Å². The fraction of sp³-hybridized carbons (Fsp3) is 0.400. The average molecular weight is 177 g/mol. The van der Waals surface area contributed by atoms with Gasteiger partial charge in [0.2, 0.25) is 0 Å². The van der Waals surface area contributed by atoms with E-state index in [1.54, 1.807) is 6.20 Å². The first kappa shape index (κ1) is 8.23. The van der Waals surface area contributed by atoms with Crippen molar-refractivity contribution < 1.29 is 4.79 Å². The maximum absolute atomic E-state index is 11.4. The quantitative estimate of drug-likeness (QED) is 0.745. The van der Waals surface area contributed by atoms with Gasteiger partial charge in [-0.15, -0.1) is 0 Å². The first-order valence-electron chi connectivity index (χ1n) is 4.46. The van der Waals surface area contributed by atoms with E-state index >= 15 is 0 Å². The van der Waals surface area contributed by atoms with Crippen LogP contribution in [0.15, 0.2) is 23.1 Å². The lowest BCUT2D eigenvalue weighted by Crippen LogP contribution is -2.09. The zero-order chi connectivity index (χ0) is 9.26. The molecule has 3 heteroatoms. The lowest BCUT2D eigenvalue weighted by atomic mass is 10.1. The molecule has 0 bridgehead atoms. The number of aromatic nitrogens is 1. The summed E-state index contributed by atoms with van der Waals surface area (Å²) in [6.07, 6.45) is 4.00. The third kappa shape index (κ3) is 2.05. The molecular weight excluding hydrogens is 166 g/mol. The molecule has 1 aliphatic carbocycles. The molecule has 1 fully saturated rings. The van der Waals surface area contributed by atoms with E-state index in [9.17, 15) is 9.59 Å². The largest absolute Gasteiger partial charge is 0.364 e. The Bertz CT molecular complexity index is 377. The lowest BCUT2D eigenvalue weighted by Gasteiger charge is -1.97. The molecule has 0 saturated heterocycles. The lowest BCUT2D eigenvalue weighted by molar-refractivity contribution is -0.119. The van der Waals surface area contributed by atoms with Gasteiger partial charge in [0, 0.05) is 36.4 Å². The third-order valence-electron chi connectivity index (χ3n) is 2.23. The van der Waals surface area contributed by atoms with Crippen molar-refractivity contribution in [1.29, 1.82) is 0 Å². The Kier molecular flexibility index (Phi) is 2.00. The Hall–Kier alpha value is -1.38. The number of nitrogens with one attached hydrogen (secondary N) is 1. The van der Waals surface area contributed by atoms with Crippen molar-refractivity contribution in [2.75, 3.05) is 0 Å². The zero-order valence-corrected chi connectivity index (χ0v) is 7.25. The van der Waals surface area contributed by atoms with Crippen LogP contribution in [-0.4, -0.2) is 10.8 Å². The number of Topliss-reactive ketones (excluding diaryl/α,β-unsaturated/α-hetero) is 1. The highest BCUT2D eigenvalue weighted by atomic mass is 16.1. The molecule has 0 radical (unpaired) electrons. The van der Waals surface area contributed by atoms with Crippen molar-refractivity contribution in [3.63, 3.8) is 0 Å². The summed E-state index contributed by atoms with van der Waals surface area (Å²) in [6, 6.07) is 2.94. The molecule has 0 spiro atoms. The Morgan fingerprint density at radius 2 is 2.31 bits per heavy atom. The monoisotopic (exact) mass is 177 g/mol. The van der Waals surface area contributed by atoms with Crippen LogP contribution in [0.1, 0.15) is 18.5 Å². The smallest absolute Gasteiger partial charge is 0.181 e. The number of carbonyl (C=O) groups is 1. The second kappa shape index (κ2) is 3.17. The van der Waals surface area contributed by atoms with E-state index < -0.39 is 0 Å². The number of hydrogen-bond donors (Lipinski definition) is 1. The summed E-state index contributed by atoms with van der Waals surface area (Å²) in [5.74, 6) is 0.519. The highest BCUT2D eigenvalue weighted by Crippen LogP contribution is 2.30. The number of pyridine rings is 1. The summed E-state index contributed by atoms with van der Waals surface area (Å²) in [4.78, 5) is 25.2. The van der Waals surface area contributed by atoms with Gasteiger partial charge in [-0.25, -0.2) is 0 Å². The molecule has 68 valence electrons. The molecule has 13 heavy (non-hydrogen) atoms. The van der Waals surface area contributed by atoms with Crippen LogP contribution < -0.4 is 5.43 Å². The molecule has 1 aromatic rings. The summed E-state index contributed by atoms with van der Waals surface area (Å²) >= 11 is 0. The maximum Gasteiger partial charge on any atom is 0.181 e. The molecule has 3 nitrogen and oxygen atoms in total. The molecule has 1 heterocycles. The van der Waals surface area contributed by atoms with Crippen molar-refractivity contribution in [3.05, 3.63) is 34.2 Å². The summed E-state index contributed by atoms with van der Waals surface area (Å²) in [5, 5.41) is 0. The van der Waals surface area contributed by atoms with Crippen LogP contribution in [0.2, 0.25) is 0 Å². The van der Waals surface area contributed by atoms with E-state index in [4.69, 9.17) is 0 Å². The van der Waals surface area contributed by atoms with E-state index in [1.165, 1.54) is 12.1 Å². The molecule has 1 aromatic heterocycles. The molecule has 0 unspecified atom stereocenters. The molecule has 1 N–H and O–H groups in total. The van der Waals surface area contributed by atoms with Crippen molar-refractivity contribution in [2.24, 2.45) is 5.92 Å². The van der Waals surface area contributed by atoms with E-state index in [0.717, 1.165) is 18.5 Å². The molecule has 0 aliphatic heterocycles. The van der Waals surface area contributed by atoms with Gasteiger partial charge in [0.1, 0.15) is 5.78 Å². The second-order valence-corrected chi connectivity index (χ2v) is 3.47. The molecule has 0 aromatic carbocycles. The van der Waals surface area contributed by atoms with Crippen LogP contribution in [-0.2, 0) is 11.2 Å². The minimum absolute atomic E-state index is 0.0441. The van der Waals surface area contributed by atoms with Crippen LogP contribution in [0.25, 0.3) is 0 Å². The van der Waals surface area contributed by atoms with Gasteiger partial charge in [-0.3, -0.25) is 9.59 Å². The van der Waals surface area contributed by atoms with Gasteiger partial charge < -0.3 is 4.98 Å². The Labute approximate surface area is 75.8 Å². The van der Waals surface area contributed by atoms with Gasteiger partial charge in [0.25, 0.3) is 0 Å². The standard InChI is InChI=1S/C10H11NO2/c12-9-3-4-11-8(5-9)6-10(13)7-1-2-7/h3-5,7H,1-2,6H2,(H,11,12). The average Bonchev–Trinajstić information content (AvgIpc) is 2.85. The van der Waals surface area contributed by atoms with Gasteiger partial charge in [-0.1, -0.05) is 0 Å². The maximum atomic E-state index is 11.4. The second-order valence-electron chi connectivity index (χ2n) is 3.47. The van der Waals surface area contributed by atoms with E-state index in [-0.39, 0.29) is 17.1 Å². The molecular formula is C10H11NO2. The fourth-order valence-corrected chi connectivity index (χ4v) is 1.33. The Morgan fingerprint density at radius 3 is 2.92 bits per heavy atom. The summed E-state index contributed by atoms with van der Waals surface area (Å²) in [7, 11) is 0. The SMILES string of the molecule is O=C(Cc1cc(=O)cc[nH]1)C1CC1.